The van der Waals surface area contributed by atoms with Crippen molar-refractivity contribution in [2.75, 3.05) is 6.54 Å². The van der Waals surface area contributed by atoms with Gasteiger partial charge < -0.3 is 11.1 Å². The van der Waals surface area contributed by atoms with Crippen molar-refractivity contribution in [3.05, 3.63) is 47.3 Å². The van der Waals surface area contributed by atoms with E-state index in [1.54, 1.807) is 0 Å². The molecule has 1 saturated heterocycles. The Morgan fingerprint density at radius 2 is 2.36 bits per heavy atom. The molecule has 2 nitrogen and oxygen atoms in total. The predicted octanol–water partition coefficient (Wildman–Crippen LogP) is -2.13. The molecule has 0 radical (unpaired) electrons. The van der Waals surface area contributed by atoms with Gasteiger partial charge in [-0.25, -0.2) is 0 Å². The zero-order chi connectivity index (χ0) is 8.84. The standard InChI is InChI=1S/C11H11N2.Li/c12-9-4-7-2-1-3-10-11(7)8(5-9)6-13-10;/h1,3-5,8,11,13H,6,12H2;/q-1;+1. The maximum Gasteiger partial charge on any atom is 1.00 e. The summed E-state index contributed by atoms with van der Waals surface area (Å²) < 4.78 is 0. The van der Waals surface area contributed by atoms with E-state index in [1.807, 2.05) is 12.2 Å². The minimum Gasteiger partial charge on any atom is -0.409 e. The number of rotatable bonds is 0. The van der Waals surface area contributed by atoms with Crippen LogP contribution >= 0.6 is 0 Å². The van der Waals surface area contributed by atoms with Crippen molar-refractivity contribution in [1.82, 2.24) is 5.32 Å². The molecule has 66 valence electrons. The van der Waals surface area contributed by atoms with E-state index >= 15 is 0 Å². The van der Waals surface area contributed by atoms with Gasteiger partial charge in [0.05, 0.1) is 0 Å². The monoisotopic (exact) mass is 178 g/mol. The molecule has 1 fully saturated rings. The summed E-state index contributed by atoms with van der Waals surface area (Å²) in [4.78, 5) is 0. The average Bonchev–Trinajstić information content (AvgIpc) is 2.50. The number of allylic oxidation sites excluding steroid dienone is 5. The number of hydrogen-bond acceptors (Lipinski definition) is 2. The van der Waals surface area contributed by atoms with Gasteiger partial charge in [0.15, 0.2) is 0 Å². The molecular formula is C11H11LiN2. The minimum atomic E-state index is 0. The molecule has 0 spiro atoms. The second-order valence-electron chi connectivity index (χ2n) is 3.72. The molecule has 3 N–H and O–H groups in total. The van der Waals surface area contributed by atoms with Gasteiger partial charge in [-0.3, -0.25) is 0 Å². The fourth-order valence-corrected chi connectivity index (χ4v) is 2.33. The van der Waals surface area contributed by atoms with Gasteiger partial charge in [0.1, 0.15) is 0 Å². The summed E-state index contributed by atoms with van der Waals surface area (Å²) in [6.45, 7) is 1.00. The van der Waals surface area contributed by atoms with Gasteiger partial charge in [0.2, 0.25) is 0 Å². The second kappa shape index (κ2) is 3.38. The van der Waals surface area contributed by atoms with Gasteiger partial charge in [-0.15, -0.1) is 12.2 Å². The zero-order valence-corrected chi connectivity index (χ0v) is 8.25. The van der Waals surface area contributed by atoms with Crippen LogP contribution in [0.2, 0.25) is 0 Å². The second-order valence-corrected chi connectivity index (χ2v) is 3.72. The Bertz CT molecular complexity index is 377. The topological polar surface area (TPSA) is 38.0 Å². The molecule has 2 atom stereocenters. The summed E-state index contributed by atoms with van der Waals surface area (Å²) in [7, 11) is 0. The van der Waals surface area contributed by atoms with Crippen LogP contribution in [0, 0.1) is 17.9 Å². The Hall–Kier alpha value is -0.843. The third-order valence-electron chi connectivity index (χ3n) is 2.88. The largest absolute Gasteiger partial charge is 1.00 e. The smallest absolute Gasteiger partial charge is 0.409 e. The van der Waals surface area contributed by atoms with Crippen molar-refractivity contribution in [3.8, 4) is 0 Å². The van der Waals surface area contributed by atoms with E-state index in [9.17, 15) is 0 Å². The zero-order valence-electron chi connectivity index (χ0n) is 8.25. The molecule has 3 heteroatoms. The molecule has 0 aromatic heterocycles. The van der Waals surface area contributed by atoms with Crippen LogP contribution in [0.5, 0.6) is 0 Å². The van der Waals surface area contributed by atoms with Crippen LogP contribution in [0.4, 0.5) is 0 Å². The summed E-state index contributed by atoms with van der Waals surface area (Å²) in [6, 6.07) is 0. The maximum atomic E-state index is 5.81. The Kier molecular flexibility index (Phi) is 2.34. The summed E-state index contributed by atoms with van der Waals surface area (Å²) in [5.41, 5.74) is 9.23. The van der Waals surface area contributed by atoms with E-state index < -0.39 is 0 Å². The van der Waals surface area contributed by atoms with E-state index in [4.69, 9.17) is 5.73 Å². The Morgan fingerprint density at radius 1 is 1.50 bits per heavy atom. The van der Waals surface area contributed by atoms with Gasteiger partial charge in [0, 0.05) is 12.5 Å². The summed E-state index contributed by atoms with van der Waals surface area (Å²) in [5, 5.41) is 3.40. The SMILES string of the molecule is NC1=CC2CNC3=CC=[C-]C(=C1)C32.[Li+]. The first-order valence-electron chi connectivity index (χ1n) is 4.57. The van der Waals surface area contributed by atoms with Gasteiger partial charge in [-0.05, 0) is 17.3 Å². The first-order chi connectivity index (χ1) is 6.34. The molecule has 0 aromatic carbocycles. The van der Waals surface area contributed by atoms with Crippen LogP contribution in [0.3, 0.4) is 0 Å². The first-order valence-corrected chi connectivity index (χ1v) is 4.57. The third kappa shape index (κ3) is 1.27. The van der Waals surface area contributed by atoms with Crippen LogP contribution < -0.4 is 29.9 Å². The van der Waals surface area contributed by atoms with Crippen molar-refractivity contribution in [2.24, 2.45) is 17.6 Å². The molecule has 0 aromatic rings. The van der Waals surface area contributed by atoms with Crippen molar-refractivity contribution in [1.29, 1.82) is 0 Å². The van der Waals surface area contributed by atoms with E-state index in [2.05, 4.69) is 23.5 Å². The summed E-state index contributed by atoms with van der Waals surface area (Å²) >= 11 is 0. The van der Waals surface area contributed by atoms with Crippen molar-refractivity contribution in [2.45, 2.75) is 0 Å². The predicted molar refractivity (Wildman–Crippen MR) is 51.2 cm³/mol. The molecule has 14 heavy (non-hydrogen) atoms. The van der Waals surface area contributed by atoms with Crippen molar-refractivity contribution in [3.63, 3.8) is 0 Å². The van der Waals surface area contributed by atoms with Crippen LogP contribution in [0.15, 0.2) is 41.3 Å². The molecule has 0 amide bonds. The molecule has 3 aliphatic rings. The molecule has 1 aliphatic heterocycles. The number of hydrogen-bond donors (Lipinski definition) is 2. The Labute approximate surface area is 95.8 Å². The van der Waals surface area contributed by atoms with Gasteiger partial charge in [0.25, 0.3) is 0 Å². The fourth-order valence-electron chi connectivity index (χ4n) is 2.33. The molecular weight excluding hydrogens is 167 g/mol. The maximum absolute atomic E-state index is 5.81. The summed E-state index contributed by atoms with van der Waals surface area (Å²) in [6.07, 6.45) is 11.5. The van der Waals surface area contributed by atoms with E-state index in [1.165, 1.54) is 11.3 Å². The van der Waals surface area contributed by atoms with Gasteiger partial charge in [-0.2, -0.15) is 17.7 Å². The third-order valence-corrected chi connectivity index (χ3v) is 2.88. The quantitative estimate of drug-likeness (QED) is 0.328. The average molecular weight is 178 g/mol. The number of nitrogens with two attached hydrogens (primary N) is 1. The van der Waals surface area contributed by atoms with Crippen LogP contribution in [0.1, 0.15) is 0 Å². The Balaban J connectivity index is 0.000000750. The molecule has 3 rings (SSSR count). The van der Waals surface area contributed by atoms with Crippen LogP contribution in [-0.2, 0) is 0 Å². The van der Waals surface area contributed by atoms with E-state index in [0.717, 1.165) is 12.2 Å². The molecule has 0 saturated carbocycles. The van der Waals surface area contributed by atoms with Crippen LogP contribution in [-0.4, -0.2) is 6.54 Å². The van der Waals surface area contributed by atoms with E-state index in [-0.39, 0.29) is 18.9 Å². The molecule has 1 heterocycles. The normalized spacial score (nSPS) is 31.9. The molecule has 0 bridgehead atoms. The number of nitrogens with one attached hydrogen (secondary N) is 1. The van der Waals surface area contributed by atoms with Gasteiger partial charge in [-0.1, -0.05) is 6.08 Å². The van der Waals surface area contributed by atoms with Crippen molar-refractivity contribution < 1.29 is 18.9 Å². The van der Waals surface area contributed by atoms with Crippen LogP contribution in [0.25, 0.3) is 0 Å². The van der Waals surface area contributed by atoms with Crippen molar-refractivity contribution >= 4 is 0 Å². The van der Waals surface area contributed by atoms with Gasteiger partial charge >= 0.3 is 18.9 Å². The molecule has 2 aliphatic carbocycles. The summed E-state index contributed by atoms with van der Waals surface area (Å²) in [5.74, 6) is 1.03. The molecule has 2 unspecified atom stereocenters. The van der Waals surface area contributed by atoms with E-state index in [0.29, 0.717) is 11.8 Å². The minimum absolute atomic E-state index is 0. The fraction of sp³-hybridized carbons (Fsp3) is 0.273. The Morgan fingerprint density at radius 3 is 3.21 bits per heavy atom. The first kappa shape index (κ1) is 9.70.